The summed E-state index contributed by atoms with van der Waals surface area (Å²) in [6.07, 6.45) is 11.5. The van der Waals surface area contributed by atoms with Crippen LogP contribution in [-0.4, -0.2) is 46.2 Å². The molecule has 0 N–H and O–H groups in total. The molecule has 0 amide bonds. The summed E-state index contributed by atoms with van der Waals surface area (Å²) in [7, 11) is 0. The Balaban J connectivity index is 1.21. The smallest absolute Gasteiger partial charge is 0.198 e. The molecule has 7 nitrogen and oxygen atoms in total. The third-order valence-corrected chi connectivity index (χ3v) is 6.81. The van der Waals surface area contributed by atoms with E-state index < -0.39 is 0 Å². The van der Waals surface area contributed by atoms with Gasteiger partial charge in [-0.2, -0.15) is 0 Å². The molecule has 4 heterocycles. The van der Waals surface area contributed by atoms with Gasteiger partial charge in [0, 0.05) is 18.5 Å². The van der Waals surface area contributed by atoms with Gasteiger partial charge in [-0.25, -0.2) is 4.68 Å². The van der Waals surface area contributed by atoms with E-state index in [0.717, 1.165) is 23.6 Å². The third kappa shape index (κ3) is 3.78. The van der Waals surface area contributed by atoms with Crippen molar-refractivity contribution in [1.82, 2.24) is 15.0 Å². The first-order valence-electron chi connectivity index (χ1n) is 10.9. The number of rotatable bonds is 6. The van der Waals surface area contributed by atoms with E-state index >= 15 is 0 Å². The van der Waals surface area contributed by atoms with Crippen molar-refractivity contribution in [3.05, 3.63) is 35.5 Å². The normalized spacial score (nSPS) is 30.0. The number of fused-ring (bicyclic) bond motifs is 1. The lowest BCUT2D eigenvalue weighted by Crippen LogP contribution is -2.29. The molecule has 4 atom stereocenters. The third-order valence-electron chi connectivity index (χ3n) is 6.81. The van der Waals surface area contributed by atoms with Crippen molar-refractivity contribution in [3.63, 3.8) is 0 Å². The highest BCUT2D eigenvalue weighted by molar-refractivity contribution is 5.94. The lowest BCUT2D eigenvalue weighted by molar-refractivity contribution is 0.0582. The van der Waals surface area contributed by atoms with Crippen LogP contribution >= 0.6 is 0 Å². The molecular weight excluding hydrogens is 370 g/mol. The number of ketones is 1. The lowest BCUT2D eigenvalue weighted by Gasteiger charge is -2.20. The second-order valence-electron chi connectivity index (χ2n) is 8.88. The zero-order valence-corrected chi connectivity index (χ0v) is 17.0. The van der Waals surface area contributed by atoms with Gasteiger partial charge in [-0.15, -0.1) is 5.10 Å². The largest absolute Gasteiger partial charge is 0.461 e. The summed E-state index contributed by atoms with van der Waals surface area (Å²) in [5, 5.41) is 8.80. The zero-order chi connectivity index (χ0) is 19.8. The van der Waals surface area contributed by atoms with E-state index in [9.17, 15) is 4.79 Å². The number of aryl methyl sites for hydroxylation is 1. The molecule has 2 aromatic heterocycles. The van der Waals surface area contributed by atoms with Crippen molar-refractivity contribution in [1.29, 1.82) is 0 Å². The Labute approximate surface area is 170 Å². The number of hydrogen-bond acceptors (Lipinski definition) is 6. The molecule has 0 bridgehead atoms. The Hall–Kier alpha value is -1.99. The monoisotopic (exact) mass is 399 g/mol. The maximum atomic E-state index is 12.6. The SMILES string of the molecule is Cc1ccoc1C(=O)C[C@H]1CO[C@H]2[C@@H]1OC[C@@H]2n1cc(CC2CCCCC2)nn1. The lowest BCUT2D eigenvalue weighted by atomic mass is 9.86. The van der Waals surface area contributed by atoms with Gasteiger partial charge in [0.15, 0.2) is 11.5 Å². The summed E-state index contributed by atoms with van der Waals surface area (Å²) in [5.74, 6) is 1.26. The van der Waals surface area contributed by atoms with Crippen molar-refractivity contribution in [3.8, 4) is 0 Å². The highest BCUT2D eigenvalue weighted by Crippen LogP contribution is 2.39. The Kier molecular flexibility index (Phi) is 5.26. The fourth-order valence-electron chi connectivity index (χ4n) is 5.21. The molecule has 0 aromatic carbocycles. The number of furan rings is 1. The van der Waals surface area contributed by atoms with Crippen molar-refractivity contribution < 1.29 is 18.7 Å². The van der Waals surface area contributed by atoms with Crippen LogP contribution in [0.15, 0.2) is 22.9 Å². The number of Topliss-reactive ketones (excluding diaryl/α,β-unsaturated/α-hetero) is 1. The van der Waals surface area contributed by atoms with Gasteiger partial charge in [0.25, 0.3) is 0 Å². The van der Waals surface area contributed by atoms with Gasteiger partial charge in [0.05, 0.1) is 31.3 Å². The summed E-state index contributed by atoms with van der Waals surface area (Å²) >= 11 is 0. The topological polar surface area (TPSA) is 79.4 Å². The van der Waals surface area contributed by atoms with E-state index in [1.165, 1.54) is 32.1 Å². The van der Waals surface area contributed by atoms with Crippen molar-refractivity contribution in [2.24, 2.45) is 11.8 Å². The van der Waals surface area contributed by atoms with Gasteiger partial charge in [0.2, 0.25) is 0 Å². The van der Waals surface area contributed by atoms with Crippen LogP contribution in [0.25, 0.3) is 0 Å². The van der Waals surface area contributed by atoms with Gasteiger partial charge in [-0.05, 0) is 30.9 Å². The van der Waals surface area contributed by atoms with E-state index in [2.05, 4.69) is 16.5 Å². The highest BCUT2D eigenvalue weighted by Gasteiger charge is 2.49. The number of carbonyl (C=O) groups excluding carboxylic acids is 1. The van der Waals surface area contributed by atoms with Crippen LogP contribution in [0.5, 0.6) is 0 Å². The zero-order valence-electron chi connectivity index (χ0n) is 17.0. The maximum Gasteiger partial charge on any atom is 0.198 e. The highest BCUT2D eigenvalue weighted by atomic mass is 16.6. The predicted molar refractivity (Wildman–Crippen MR) is 105 cm³/mol. The number of nitrogens with zero attached hydrogens (tertiary/aromatic N) is 3. The maximum absolute atomic E-state index is 12.6. The number of carbonyl (C=O) groups is 1. The molecule has 0 unspecified atom stereocenters. The molecule has 7 heteroatoms. The second kappa shape index (κ2) is 8.03. The molecule has 0 radical (unpaired) electrons. The molecule has 0 spiro atoms. The average Bonchev–Trinajstić information content (AvgIpc) is 3.49. The van der Waals surface area contributed by atoms with Crippen LogP contribution in [0.2, 0.25) is 0 Å². The Morgan fingerprint density at radius 3 is 2.79 bits per heavy atom. The predicted octanol–water partition coefficient (Wildman–Crippen LogP) is 3.53. The van der Waals surface area contributed by atoms with E-state index in [1.807, 2.05) is 17.7 Å². The van der Waals surface area contributed by atoms with Crippen LogP contribution < -0.4 is 0 Å². The Morgan fingerprint density at radius 1 is 1.17 bits per heavy atom. The van der Waals surface area contributed by atoms with Crippen molar-refractivity contribution >= 4 is 5.78 Å². The molecule has 2 aliphatic heterocycles. The van der Waals surface area contributed by atoms with Gasteiger partial charge in [-0.3, -0.25) is 4.79 Å². The minimum Gasteiger partial charge on any atom is -0.461 e. The van der Waals surface area contributed by atoms with Gasteiger partial charge >= 0.3 is 0 Å². The van der Waals surface area contributed by atoms with Crippen LogP contribution in [0.4, 0.5) is 0 Å². The minimum absolute atomic E-state index is 0.0179. The number of aromatic nitrogens is 3. The summed E-state index contributed by atoms with van der Waals surface area (Å²) in [5.41, 5.74) is 1.95. The van der Waals surface area contributed by atoms with E-state index in [0.29, 0.717) is 25.4 Å². The average molecular weight is 399 g/mol. The van der Waals surface area contributed by atoms with Gasteiger partial charge in [0.1, 0.15) is 12.1 Å². The van der Waals surface area contributed by atoms with Crippen LogP contribution in [0, 0.1) is 18.8 Å². The van der Waals surface area contributed by atoms with E-state index in [-0.39, 0.29) is 30.0 Å². The number of hydrogen-bond donors (Lipinski definition) is 0. The second-order valence-corrected chi connectivity index (χ2v) is 8.88. The summed E-state index contributed by atoms with van der Waals surface area (Å²) in [4.78, 5) is 12.6. The summed E-state index contributed by atoms with van der Waals surface area (Å²) < 4.78 is 19.4. The van der Waals surface area contributed by atoms with Crippen molar-refractivity contribution in [2.75, 3.05) is 13.2 Å². The minimum atomic E-state index is -0.0785. The van der Waals surface area contributed by atoms with Gasteiger partial charge in [-0.1, -0.05) is 37.3 Å². The quantitative estimate of drug-likeness (QED) is 0.692. The first-order valence-corrected chi connectivity index (χ1v) is 10.9. The first kappa shape index (κ1) is 19.0. The fraction of sp³-hybridized carbons (Fsp3) is 0.682. The molecule has 3 fully saturated rings. The molecule has 5 rings (SSSR count). The summed E-state index contributed by atoms with van der Waals surface area (Å²) in [6, 6.07) is 1.84. The molecule has 3 aliphatic rings. The molecule has 2 aromatic rings. The van der Waals surface area contributed by atoms with Crippen molar-refractivity contribution in [2.45, 2.75) is 70.1 Å². The number of ether oxygens (including phenoxy) is 2. The molecule has 156 valence electrons. The van der Waals surface area contributed by atoms with Crippen LogP contribution in [0.1, 0.15) is 66.4 Å². The van der Waals surface area contributed by atoms with Gasteiger partial charge < -0.3 is 13.9 Å². The molecule has 1 aliphatic carbocycles. The van der Waals surface area contributed by atoms with E-state index in [4.69, 9.17) is 13.9 Å². The first-order chi connectivity index (χ1) is 14.2. The molecule has 2 saturated heterocycles. The molecular formula is C22H29N3O4. The Morgan fingerprint density at radius 2 is 2.00 bits per heavy atom. The van der Waals surface area contributed by atoms with E-state index in [1.54, 1.807) is 6.26 Å². The standard InChI is InChI=1S/C22H29N3O4/c1-14-7-8-27-20(14)19(26)10-16-12-28-22-18(13-29-21(16)22)25-11-17(23-24-25)9-15-5-3-2-4-6-15/h7-8,11,15-16,18,21-22H,2-6,9-10,12-13H2,1H3/t16-,18-,21+,22+/m0/s1. The summed E-state index contributed by atoms with van der Waals surface area (Å²) in [6.45, 7) is 2.97. The Bertz CT molecular complexity index is 854. The van der Waals surface area contributed by atoms with Crippen LogP contribution in [-0.2, 0) is 15.9 Å². The fourth-order valence-corrected chi connectivity index (χ4v) is 5.21. The molecule has 1 saturated carbocycles. The molecule has 29 heavy (non-hydrogen) atoms. The van der Waals surface area contributed by atoms with Crippen LogP contribution in [0.3, 0.4) is 0 Å².